The largest absolute Gasteiger partial charge is 0.496 e. The van der Waals surface area contributed by atoms with Crippen LogP contribution in [0, 0.1) is 0 Å². The zero-order valence-electron chi connectivity index (χ0n) is 16.5. The van der Waals surface area contributed by atoms with Crippen LogP contribution < -0.4 is 15.8 Å². The molecule has 0 unspecified atom stereocenters. The van der Waals surface area contributed by atoms with Gasteiger partial charge in [-0.2, -0.15) is 0 Å². The van der Waals surface area contributed by atoms with Crippen molar-refractivity contribution in [3.05, 3.63) is 64.6 Å². The second-order valence-electron chi connectivity index (χ2n) is 7.23. The van der Waals surface area contributed by atoms with Crippen LogP contribution >= 0.6 is 0 Å². The molecule has 1 atom stereocenters. The molecule has 0 radical (unpaired) electrons. The Morgan fingerprint density at radius 3 is 2.66 bits per heavy atom. The summed E-state index contributed by atoms with van der Waals surface area (Å²) in [5.74, 6) is 0.0654. The van der Waals surface area contributed by atoms with Crippen LogP contribution in [-0.2, 0) is 11.3 Å². The van der Waals surface area contributed by atoms with E-state index in [2.05, 4.69) is 10.2 Å². The van der Waals surface area contributed by atoms with Crippen molar-refractivity contribution in [1.82, 2.24) is 14.8 Å². The van der Waals surface area contributed by atoms with E-state index in [1.54, 1.807) is 25.3 Å². The van der Waals surface area contributed by atoms with Crippen LogP contribution in [-0.4, -0.2) is 42.1 Å². The zero-order chi connectivity index (χ0) is 20.2. The van der Waals surface area contributed by atoms with Crippen LogP contribution in [0.1, 0.15) is 24.4 Å². The Labute approximate surface area is 168 Å². The summed E-state index contributed by atoms with van der Waals surface area (Å²) in [5, 5.41) is 3.00. The molecule has 0 bridgehead atoms. The van der Waals surface area contributed by atoms with E-state index in [1.165, 1.54) is 4.57 Å². The maximum absolute atomic E-state index is 12.6. The third-order valence-electron chi connectivity index (χ3n) is 5.45. The highest BCUT2D eigenvalue weighted by Gasteiger charge is 2.26. The van der Waals surface area contributed by atoms with Gasteiger partial charge in [0.1, 0.15) is 12.3 Å². The summed E-state index contributed by atoms with van der Waals surface area (Å²) >= 11 is 0. The topological polar surface area (TPSA) is 76.7 Å². The molecule has 1 fully saturated rings. The van der Waals surface area contributed by atoms with E-state index in [4.69, 9.17) is 9.15 Å². The first-order chi connectivity index (χ1) is 14.2. The van der Waals surface area contributed by atoms with Gasteiger partial charge in [0, 0.05) is 12.1 Å². The number of aromatic nitrogens is 1. The van der Waals surface area contributed by atoms with E-state index < -0.39 is 5.76 Å². The number of carbonyl (C=O) groups excluding carboxylic acids is 1. The van der Waals surface area contributed by atoms with Crippen LogP contribution in [0.4, 0.5) is 0 Å². The summed E-state index contributed by atoms with van der Waals surface area (Å²) < 4.78 is 12.1. The summed E-state index contributed by atoms with van der Waals surface area (Å²) in [6.07, 6.45) is 2.30. The van der Waals surface area contributed by atoms with Crippen molar-refractivity contribution in [3.63, 3.8) is 0 Å². The number of fused-ring (bicyclic) bond motifs is 1. The van der Waals surface area contributed by atoms with Gasteiger partial charge in [0.25, 0.3) is 0 Å². The summed E-state index contributed by atoms with van der Waals surface area (Å²) in [6.45, 7) is 2.35. The lowest BCUT2D eigenvalue weighted by Crippen LogP contribution is -2.39. The molecule has 1 amide bonds. The fraction of sp³-hybridized carbons (Fsp3) is 0.364. The lowest BCUT2D eigenvalue weighted by molar-refractivity contribution is -0.121. The highest BCUT2D eigenvalue weighted by Crippen LogP contribution is 2.31. The van der Waals surface area contributed by atoms with Gasteiger partial charge in [0.2, 0.25) is 5.91 Å². The van der Waals surface area contributed by atoms with E-state index in [1.807, 2.05) is 30.3 Å². The quantitative estimate of drug-likeness (QED) is 0.665. The van der Waals surface area contributed by atoms with Crippen LogP contribution in [0.25, 0.3) is 11.1 Å². The smallest absolute Gasteiger partial charge is 0.420 e. The maximum atomic E-state index is 12.6. The number of likely N-dealkylation sites (tertiary alicyclic amines) is 1. The number of nitrogens with zero attached hydrogens (tertiary/aromatic N) is 2. The number of nitrogens with one attached hydrogen (secondary N) is 1. The standard InChI is InChI=1S/C22H25N3O4/c1-28-19-10-4-2-8-16(19)18(24-12-6-7-13-24)14-23-21(26)15-25-17-9-3-5-11-20(17)29-22(25)27/h2-5,8-11,18H,6-7,12-15H2,1H3,(H,23,26)/t18-/m0/s1. The zero-order valence-corrected chi connectivity index (χ0v) is 16.5. The first-order valence-corrected chi connectivity index (χ1v) is 9.89. The third-order valence-corrected chi connectivity index (χ3v) is 5.45. The number of para-hydroxylation sites is 3. The summed E-state index contributed by atoms with van der Waals surface area (Å²) in [6, 6.07) is 15.0. The Kier molecular flexibility index (Phi) is 5.67. The Morgan fingerprint density at radius 2 is 1.86 bits per heavy atom. The van der Waals surface area contributed by atoms with Gasteiger partial charge in [-0.05, 0) is 44.1 Å². The molecule has 29 heavy (non-hydrogen) atoms. The number of carbonyl (C=O) groups is 1. The van der Waals surface area contributed by atoms with Gasteiger partial charge >= 0.3 is 5.76 Å². The van der Waals surface area contributed by atoms with E-state index in [-0.39, 0.29) is 18.5 Å². The molecule has 152 valence electrons. The van der Waals surface area contributed by atoms with Crippen molar-refractivity contribution in [2.24, 2.45) is 0 Å². The number of rotatable bonds is 7. The monoisotopic (exact) mass is 395 g/mol. The molecule has 7 nitrogen and oxygen atoms in total. The minimum Gasteiger partial charge on any atom is -0.496 e. The molecular formula is C22H25N3O4. The number of ether oxygens (including phenoxy) is 1. The number of methoxy groups -OCH3 is 1. The van der Waals surface area contributed by atoms with E-state index in [0.29, 0.717) is 17.6 Å². The van der Waals surface area contributed by atoms with Crippen LogP contribution in [0.3, 0.4) is 0 Å². The van der Waals surface area contributed by atoms with Gasteiger partial charge in [0.05, 0.1) is 18.7 Å². The van der Waals surface area contributed by atoms with Gasteiger partial charge in [0.15, 0.2) is 5.58 Å². The minimum atomic E-state index is -0.526. The summed E-state index contributed by atoms with van der Waals surface area (Å²) in [5.41, 5.74) is 2.16. The van der Waals surface area contributed by atoms with Crippen molar-refractivity contribution < 1.29 is 13.9 Å². The third kappa shape index (κ3) is 4.05. The van der Waals surface area contributed by atoms with Crippen LogP contribution in [0.5, 0.6) is 5.75 Å². The van der Waals surface area contributed by atoms with E-state index in [0.717, 1.165) is 37.2 Å². The Balaban J connectivity index is 1.50. The second-order valence-corrected chi connectivity index (χ2v) is 7.23. The van der Waals surface area contributed by atoms with Crippen molar-refractivity contribution in [2.45, 2.75) is 25.4 Å². The average Bonchev–Trinajstić information content (AvgIpc) is 3.37. The molecule has 1 N–H and O–H groups in total. The van der Waals surface area contributed by atoms with Gasteiger partial charge in [-0.15, -0.1) is 0 Å². The molecule has 0 saturated carbocycles. The predicted molar refractivity (Wildman–Crippen MR) is 110 cm³/mol. The number of oxazole rings is 1. The van der Waals surface area contributed by atoms with Crippen molar-refractivity contribution >= 4 is 17.0 Å². The molecule has 2 aromatic carbocycles. The Bertz CT molecular complexity index is 1050. The van der Waals surface area contributed by atoms with Gasteiger partial charge in [-0.1, -0.05) is 30.3 Å². The Morgan fingerprint density at radius 1 is 1.14 bits per heavy atom. The molecule has 1 aromatic heterocycles. The number of amides is 1. The first-order valence-electron chi connectivity index (χ1n) is 9.89. The Hall–Kier alpha value is -3.06. The lowest BCUT2D eigenvalue weighted by atomic mass is 10.0. The lowest BCUT2D eigenvalue weighted by Gasteiger charge is -2.29. The summed E-state index contributed by atoms with van der Waals surface area (Å²) in [4.78, 5) is 27.1. The highest BCUT2D eigenvalue weighted by molar-refractivity contribution is 5.79. The average molecular weight is 395 g/mol. The predicted octanol–water partition coefficient (Wildman–Crippen LogP) is 2.56. The molecular weight excluding hydrogens is 370 g/mol. The SMILES string of the molecule is COc1ccccc1[C@H](CNC(=O)Cn1c(=O)oc2ccccc21)N1CCCC1. The number of benzene rings is 2. The number of hydrogen-bond donors (Lipinski definition) is 1. The molecule has 1 aliphatic heterocycles. The van der Waals surface area contributed by atoms with Gasteiger partial charge < -0.3 is 14.5 Å². The number of hydrogen-bond acceptors (Lipinski definition) is 5. The molecule has 1 aliphatic rings. The van der Waals surface area contributed by atoms with Gasteiger partial charge in [-0.25, -0.2) is 4.79 Å². The normalized spacial score (nSPS) is 15.5. The fourth-order valence-corrected chi connectivity index (χ4v) is 4.00. The molecule has 3 aromatic rings. The molecule has 0 spiro atoms. The fourth-order valence-electron chi connectivity index (χ4n) is 4.00. The molecule has 4 rings (SSSR count). The molecule has 1 saturated heterocycles. The molecule has 2 heterocycles. The minimum absolute atomic E-state index is 0.0235. The molecule has 0 aliphatic carbocycles. The maximum Gasteiger partial charge on any atom is 0.420 e. The van der Waals surface area contributed by atoms with E-state index >= 15 is 0 Å². The second kappa shape index (κ2) is 8.53. The van der Waals surface area contributed by atoms with E-state index in [9.17, 15) is 9.59 Å². The van der Waals surface area contributed by atoms with Crippen molar-refractivity contribution in [1.29, 1.82) is 0 Å². The van der Waals surface area contributed by atoms with Crippen molar-refractivity contribution in [3.8, 4) is 5.75 Å². The van der Waals surface area contributed by atoms with Crippen LogP contribution in [0.15, 0.2) is 57.7 Å². The summed E-state index contributed by atoms with van der Waals surface area (Å²) in [7, 11) is 1.66. The highest BCUT2D eigenvalue weighted by atomic mass is 16.5. The van der Waals surface area contributed by atoms with Crippen molar-refractivity contribution in [2.75, 3.05) is 26.7 Å². The van der Waals surface area contributed by atoms with Gasteiger partial charge in [-0.3, -0.25) is 14.3 Å². The molecule has 7 heteroatoms. The van der Waals surface area contributed by atoms with Crippen LogP contribution in [0.2, 0.25) is 0 Å². The first kappa shape index (κ1) is 19.3.